The maximum absolute atomic E-state index is 11.7. The molecule has 3 nitrogen and oxygen atoms in total. The summed E-state index contributed by atoms with van der Waals surface area (Å²) in [6.07, 6.45) is 1.01. The third kappa shape index (κ3) is 4.00. The SMILES string of the molecule is CCC(=O)[Si](C)(C)O[Si](C)(C)C(=O)CC. The van der Waals surface area contributed by atoms with Crippen LogP contribution in [0, 0.1) is 0 Å². The van der Waals surface area contributed by atoms with E-state index in [1.807, 2.05) is 40.0 Å². The highest BCUT2D eigenvalue weighted by Crippen LogP contribution is 2.18. The fourth-order valence-electron chi connectivity index (χ4n) is 1.60. The predicted octanol–water partition coefficient (Wildman–Crippen LogP) is 2.45. The second-order valence-corrected chi connectivity index (χ2v) is 12.6. The summed E-state index contributed by atoms with van der Waals surface area (Å²) in [7, 11) is -4.64. The van der Waals surface area contributed by atoms with Gasteiger partial charge in [-0.15, -0.1) is 0 Å². The van der Waals surface area contributed by atoms with Crippen LogP contribution >= 0.6 is 0 Å². The van der Waals surface area contributed by atoms with Crippen LogP contribution in [0.4, 0.5) is 0 Å². The molecule has 0 aromatic carbocycles. The Balaban J connectivity index is 4.71. The highest BCUT2D eigenvalue weighted by Gasteiger charge is 2.41. The molecule has 0 amide bonds. The summed E-state index contributed by atoms with van der Waals surface area (Å²) in [4.78, 5) is 23.3. The smallest absolute Gasteiger partial charge is 0.248 e. The van der Waals surface area contributed by atoms with Crippen molar-refractivity contribution in [2.45, 2.75) is 52.9 Å². The Hall–Kier alpha value is -0.266. The van der Waals surface area contributed by atoms with Gasteiger partial charge in [0.15, 0.2) is 0 Å². The van der Waals surface area contributed by atoms with E-state index in [1.54, 1.807) is 0 Å². The molecule has 0 saturated heterocycles. The van der Waals surface area contributed by atoms with Crippen LogP contribution in [0.5, 0.6) is 0 Å². The fraction of sp³-hybridized carbons (Fsp3) is 0.800. The van der Waals surface area contributed by atoms with Gasteiger partial charge in [-0.3, -0.25) is 0 Å². The molecular formula is C10H22O3Si2. The van der Waals surface area contributed by atoms with Crippen molar-refractivity contribution in [1.82, 2.24) is 0 Å². The van der Waals surface area contributed by atoms with Crippen molar-refractivity contribution >= 4 is 27.4 Å². The van der Waals surface area contributed by atoms with Crippen molar-refractivity contribution in [3.63, 3.8) is 0 Å². The number of hydrogen-bond donors (Lipinski definition) is 0. The minimum atomic E-state index is -2.32. The first kappa shape index (κ1) is 14.7. The van der Waals surface area contributed by atoms with E-state index in [0.717, 1.165) is 0 Å². The van der Waals surface area contributed by atoms with Gasteiger partial charge in [0.1, 0.15) is 10.8 Å². The molecule has 0 saturated carbocycles. The molecule has 88 valence electrons. The zero-order valence-electron chi connectivity index (χ0n) is 10.6. The maximum atomic E-state index is 11.7. The number of carbonyl (C=O) groups excluding carboxylic acids is 2. The molecule has 0 aromatic heterocycles. The first-order chi connectivity index (χ1) is 6.67. The summed E-state index contributed by atoms with van der Waals surface area (Å²) in [5.74, 6) is 0. The third-order valence-corrected chi connectivity index (χ3v) is 9.97. The van der Waals surface area contributed by atoms with Gasteiger partial charge in [-0.1, -0.05) is 13.8 Å². The first-order valence-electron chi connectivity index (χ1n) is 5.44. The molecular weight excluding hydrogens is 224 g/mol. The maximum Gasteiger partial charge on any atom is 0.248 e. The number of rotatable bonds is 6. The van der Waals surface area contributed by atoms with E-state index >= 15 is 0 Å². The Kier molecular flexibility index (Phi) is 5.09. The zero-order valence-corrected chi connectivity index (χ0v) is 12.6. The second kappa shape index (κ2) is 5.18. The van der Waals surface area contributed by atoms with Gasteiger partial charge in [0.25, 0.3) is 0 Å². The Bertz CT molecular complexity index is 233. The molecule has 0 aliphatic heterocycles. The molecule has 0 rings (SSSR count). The highest BCUT2D eigenvalue weighted by atomic mass is 28.4. The summed E-state index contributed by atoms with van der Waals surface area (Å²) < 4.78 is 5.91. The standard InChI is InChI=1S/C10H22O3Si2/c1-7-9(11)14(3,4)13-15(5,6)10(12)8-2/h7-8H2,1-6H3. The Morgan fingerprint density at radius 2 is 1.13 bits per heavy atom. The van der Waals surface area contributed by atoms with Gasteiger partial charge in [-0.05, 0) is 26.2 Å². The van der Waals surface area contributed by atoms with E-state index in [2.05, 4.69) is 0 Å². The molecule has 0 heterocycles. The molecule has 0 unspecified atom stereocenters. The molecule has 0 aliphatic carbocycles. The lowest BCUT2D eigenvalue weighted by atomic mass is 10.6. The molecule has 15 heavy (non-hydrogen) atoms. The monoisotopic (exact) mass is 246 g/mol. The molecule has 0 aliphatic rings. The average molecular weight is 246 g/mol. The van der Waals surface area contributed by atoms with Crippen molar-refractivity contribution < 1.29 is 13.7 Å². The number of carbonyl (C=O) groups is 2. The molecule has 0 spiro atoms. The fourth-order valence-corrected chi connectivity index (χ4v) is 9.32. The Labute approximate surface area is 94.5 Å². The van der Waals surface area contributed by atoms with Crippen LogP contribution < -0.4 is 0 Å². The highest BCUT2D eigenvalue weighted by molar-refractivity contribution is 7.10. The lowest BCUT2D eigenvalue weighted by Crippen LogP contribution is -2.54. The van der Waals surface area contributed by atoms with E-state index in [1.165, 1.54) is 0 Å². The van der Waals surface area contributed by atoms with Gasteiger partial charge in [0.05, 0.1) is 0 Å². The molecule has 0 N–H and O–H groups in total. The summed E-state index contributed by atoms with van der Waals surface area (Å²) >= 11 is 0. The second-order valence-electron chi connectivity index (χ2n) is 4.68. The minimum Gasteiger partial charge on any atom is -0.445 e. The third-order valence-electron chi connectivity index (χ3n) is 2.50. The van der Waals surface area contributed by atoms with Crippen molar-refractivity contribution in [3.8, 4) is 0 Å². The summed E-state index contributed by atoms with van der Waals surface area (Å²) in [6, 6.07) is 0. The normalized spacial score (nSPS) is 12.7. The van der Waals surface area contributed by atoms with Gasteiger partial charge >= 0.3 is 0 Å². The average Bonchev–Trinajstić information content (AvgIpc) is 2.13. The van der Waals surface area contributed by atoms with Gasteiger partial charge in [0, 0.05) is 12.8 Å². The van der Waals surface area contributed by atoms with E-state index < -0.39 is 16.6 Å². The Morgan fingerprint density at radius 3 is 1.33 bits per heavy atom. The summed E-state index contributed by atoms with van der Waals surface area (Å²) in [5, 5.41) is 0.374. The lowest BCUT2D eigenvalue weighted by Gasteiger charge is -2.31. The molecule has 5 heteroatoms. The van der Waals surface area contributed by atoms with Crippen LogP contribution in [0.1, 0.15) is 26.7 Å². The van der Waals surface area contributed by atoms with Gasteiger partial charge in [0.2, 0.25) is 16.6 Å². The van der Waals surface area contributed by atoms with Crippen molar-refractivity contribution in [3.05, 3.63) is 0 Å². The first-order valence-corrected chi connectivity index (χ1v) is 11.3. The van der Waals surface area contributed by atoms with Crippen LogP contribution in [0.2, 0.25) is 26.2 Å². The number of hydrogen-bond acceptors (Lipinski definition) is 3. The van der Waals surface area contributed by atoms with Gasteiger partial charge < -0.3 is 13.7 Å². The van der Waals surface area contributed by atoms with Crippen molar-refractivity contribution in [1.29, 1.82) is 0 Å². The zero-order chi connectivity index (χ0) is 12.3. The van der Waals surface area contributed by atoms with Crippen LogP contribution in [-0.2, 0) is 13.7 Å². The van der Waals surface area contributed by atoms with Crippen LogP contribution in [0.3, 0.4) is 0 Å². The molecule has 0 radical (unpaired) electrons. The van der Waals surface area contributed by atoms with Gasteiger partial charge in [-0.2, -0.15) is 0 Å². The minimum absolute atomic E-state index is 0.187. The van der Waals surface area contributed by atoms with Crippen molar-refractivity contribution in [2.75, 3.05) is 0 Å². The van der Waals surface area contributed by atoms with E-state index in [0.29, 0.717) is 12.8 Å². The quantitative estimate of drug-likeness (QED) is 0.676. The van der Waals surface area contributed by atoms with Crippen LogP contribution in [-0.4, -0.2) is 27.4 Å². The van der Waals surface area contributed by atoms with E-state index in [4.69, 9.17) is 4.12 Å². The Morgan fingerprint density at radius 1 is 0.867 bits per heavy atom. The largest absolute Gasteiger partial charge is 0.445 e. The summed E-state index contributed by atoms with van der Waals surface area (Å²) in [6.45, 7) is 11.2. The van der Waals surface area contributed by atoms with Crippen molar-refractivity contribution in [2.24, 2.45) is 0 Å². The predicted molar refractivity (Wildman–Crippen MR) is 66.6 cm³/mol. The van der Waals surface area contributed by atoms with E-state index in [9.17, 15) is 9.59 Å². The molecule has 0 fully saturated rings. The van der Waals surface area contributed by atoms with Crippen LogP contribution in [0.15, 0.2) is 0 Å². The van der Waals surface area contributed by atoms with E-state index in [-0.39, 0.29) is 10.8 Å². The lowest BCUT2D eigenvalue weighted by molar-refractivity contribution is -0.113. The molecule has 0 atom stereocenters. The molecule has 0 aromatic rings. The molecule has 0 bridgehead atoms. The van der Waals surface area contributed by atoms with Gasteiger partial charge in [-0.25, -0.2) is 0 Å². The van der Waals surface area contributed by atoms with Crippen LogP contribution in [0.25, 0.3) is 0 Å². The topological polar surface area (TPSA) is 43.4 Å². The summed E-state index contributed by atoms with van der Waals surface area (Å²) in [5.41, 5.74) is 0.